The molecule has 1 aromatic rings. The van der Waals surface area contributed by atoms with Gasteiger partial charge < -0.3 is 5.11 Å². The van der Waals surface area contributed by atoms with Crippen molar-refractivity contribution in [2.75, 3.05) is 13.6 Å². The molecule has 0 unspecified atom stereocenters. The molecule has 1 rings (SSSR count). The zero-order chi connectivity index (χ0) is 13.2. The van der Waals surface area contributed by atoms with Gasteiger partial charge in [-0.1, -0.05) is 15.9 Å². The Bertz CT molecular complexity index is 541. The highest BCUT2D eigenvalue weighted by Gasteiger charge is 2.24. The van der Waals surface area contributed by atoms with E-state index in [1.165, 1.54) is 13.1 Å². The van der Waals surface area contributed by atoms with Crippen molar-refractivity contribution in [1.29, 1.82) is 0 Å². The molecule has 1 N–H and O–H groups in total. The van der Waals surface area contributed by atoms with E-state index < -0.39 is 22.5 Å². The highest BCUT2D eigenvalue weighted by molar-refractivity contribution is 9.10. The van der Waals surface area contributed by atoms with Crippen LogP contribution in [-0.4, -0.2) is 37.4 Å². The molecular formula is C10H12BrNO4S. The van der Waals surface area contributed by atoms with Gasteiger partial charge >= 0.3 is 5.97 Å². The molecule has 0 bridgehead atoms. The van der Waals surface area contributed by atoms with Crippen LogP contribution >= 0.6 is 15.9 Å². The largest absolute Gasteiger partial charge is 0.480 e. The summed E-state index contributed by atoms with van der Waals surface area (Å²) in [5, 5.41) is 8.59. The number of rotatable bonds is 4. The van der Waals surface area contributed by atoms with Crippen molar-refractivity contribution in [2.24, 2.45) is 0 Å². The van der Waals surface area contributed by atoms with Crippen LogP contribution in [0.3, 0.4) is 0 Å². The van der Waals surface area contributed by atoms with E-state index in [0.717, 1.165) is 8.78 Å². The molecule has 0 heterocycles. The van der Waals surface area contributed by atoms with Gasteiger partial charge in [0.2, 0.25) is 10.0 Å². The van der Waals surface area contributed by atoms with Crippen molar-refractivity contribution in [3.8, 4) is 0 Å². The average Bonchev–Trinajstić information content (AvgIpc) is 2.15. The Hall–Kier alpha value is -0.920. The van der Waals surface area contributed by atoms with Gasteiger partial charge in [-0.15, -0.1) is 0 Å². The molecule has 94 valence electrons. The second kappa shape index (κ2) is 5.16. The molecule has 0 saturated carbocycles. The molecule has 0 aliphatic rings. The van der Waals surface area contributed by atoms with Crippen molar-refractivity contribution in [2.45, 2.75) is 11.8 Å². The molecule has 0 radical (unpaired) electrons. The van der Waals surface area contributed by atoms with Crippen LogP contribution in [-0.2, 0) is 14.8 Å². The molecule has 0 fully saturated rings. The Balaban J connectivity index is 3.17. The molecule has 5 nitrogen and oxygen atoms in total. The summed E-state index contributed by atoms with van der Waals surface area (Å²) >= 11 is 3.24. The van der Waals surface area contributed by atoms with Crippen LogP contribution in [0, 0.1) is 6.92 Å². The molecule has 17 heavy (non-hydrogen) atoms. The summed E-state index contributed by atoms with van der Waals surface area (Å²) in [4.78, 5) is 10.6. The highest BCUT2D eigenvalue weighted by atomic mass is 79.9. The lowest BCUT2D eigenvalue weighted by atomic mass is 10.2. The molecule has 1 aromatic carbocycles. The van der Waals surface area contributed by atoms with Crippen molar-refractivity contribution in [1.82, 2.24) is 4.31 Å². The Morgan fingerprint density at radius 3 is 2.53 bits per heavy atom. The van der Waals surface area contributed by atoms with Gasteiger partial charge in [-0.3, -0.25) is 4.79 Å². The first-order valence-corrected chi connectivity index (χ1v) is 6.92. The van der Waals surface area contributed by atoms with E-state index in [2.05, 4.69) is 15.9 Å². The number of carbonyl (C=O) groups is 1. The summed E-state index contributed by atoms with van der Waals surface area (Å²) in [5.41, 5.74) is 0.566. The fourth-order valence-electron chi connectivity index (χ4n) is 1.35. The molecule has 0 aliphatic heterocycles. The van der Waals surface area contributed by atoms with Gasteiger partial charge in [0.25, 0.3) is 0 Å². The zero-order valence-corrected chi connectivity index (χ0v) is 11.7. The lowest BCUT2D eigenvalue weighted by Crippen LogP contribution is -2.32. The monoisotopic (exact) mass is 321 g/mol. The normalized spacial score (nSPS) is 11.8. The summed E-state index contributed by atoms with van der Waals surface area (Å²) in [6.45, 7) is 1.10. The molecule has 0 saturated heterocycles. The Morgan fingerprint density at radius 2 is 2.06 bits per heavy atom. The average molecular weight is 322 g/mol. The van der Waals surface area contributed by atoms with E-state index in [9.17, 15) is 13.2 Å². The number of halogens is 1. The van der Waals surface area contributed by atoms with Crippen molar-refractivity contribution in [3.05, 3.63) is 28.2 Å². The number of nitrogens with zero attached hydrogens (tertiary/aromatic N) is 1. The Labute approximate surface area is 108 Å². The summed E-state index contributed by atoms with van der Waals surface area (Å²) in [7, 11) is -2.51. The summed E-state index contributed by atoms with van der Waals surface area (Å²) in [6.07, 6.45) is 0. The lowest BCUT2D eigenvalue weighted by molar-refractivity contribution is -0.137. The van der Waals surface area contributed by atoms with E-state index in [1.807, 2.05) is 0 Å². The number of hydrogen-bond donors (Lipinski definition) is 1. The lowest BCUT2D eigenvalue weighted by Gasteiger charge is -2.16. The maximum absolute atomic E-state index is 12.0. The highest BCUT2D eigenvalue weighted by Crippen LogP contribution is 2.22. The van der Waals surface area contributed by atoms with Gasteiger partial charge in [0.1, 0.15) is 6.54 Å². The number of sulfonamides is 1. The minimum atomic E-state index is -3.75. The van der Waals surface area contributed by atoms with Crippen LogP contribution in [0.25, 0.3) is 0 Å². The summed E-state index contributed by atoms with van der Waals surface area (Å²) in [6, 6.07) is 4.73. The quantitative estimate of drug-likeness (QED) is 0.911. The third-order valence-electron chi connectivity index (χ3n) is 2.18. The van der Waals surface area contributed by atoms with Gasteiger partial charge in [-0.05, 0) is 30.7 Å². The minimum absolute atomic E-state index is 0.115. The van der Waals surface area contributed by atoms with Gasteiger partial charge in [0.05, 0.1) is 4.90 Å². The molecule has 0 spiro atoms. The minimum Gasteiger partial charge on any atom is -0.480 e. The molecule has 0 atom stereocenters. The topological polar surface area (TPSA) is 74.7 Å². The van der Waals surface area contributed by atoms with Crippen LogP contribution < -0.4 is 0 Å². The number of likely N-dealkylation sites (N-methyl/N-ethyl adjacent to an activating group) is 1. The molecular weight excluding hydrogens is 310 g/mol. The van der Waals surface area contributed by atoms with Crippen LogP contribution in [0.2, 0.25) is 0 Å². The van der Waals surface area contributed by atoms with Gasteiger partial charge in [0.15, 0.2) is 0 Å². The SMILES string of the molecule is Cc1cc(Br)ccc1S(=O)(=O)N(C)CC(=O)O. The van der Waals surface area contributed by atoms with Crippen LogP contribution in [0.1, 0.15) is 5.56 Å². The first-order valence-electron chi connectivity index (χ1n) is 4.69. The molecule has 7 heteroatoms. The maximum Gasteiger partial charge on any atom is 0.318 e. The number of aryl methyl sites for hydroxylation is 1. The van der Waals surface area contributed by atoms with Gasteiger partial charge in [-0.2, -0.15) is 4.31 Å². The summed E-state index contributed by atoms with van der Waals surface area (Å²) < 4.78 is 25.7. The fraction of sp³-hybridized carbons (Fsp3) is 0.300. The molecule has 0 aliphatic carbocycles. The van der Waals surface area contributed by atoms with Gasteiger partial charge in [-0.25, -0.2) is 8.42 Å². The third-order valence-corrected chi connectivity index (χ3v) is 4.64. The zero-order valence-electron chi connectivity index (χ0n) is 9.34. The van der Waals surface area contributed by atoms with Gasteiger partial charge in [0, 0.05) is 11.5 Å². The van der Waals surface area contributed by atoms with E-state index in [0.29, 0.717) is 5.56 Å². The number of carboxylic acid groups (broad SMARTS) is 1. The molecule has 0 aromatic heterocycles. The van der Waals surface area contributed by atoms with E-state index in [-0.39, 0.29) is 4.90 Å². The smallest absolute Gasteiger partial charge is 0.318 e. The van der Waals surface area contributed by atoms with Crippen molar-refractivity contribution >= 4 is 31.9 Å². The fourth-order valence-corrected chi connectivity index (χ4v) is 3.14. The number of aliphatic carboxylic acids is 1. The van der Waals surface area contributed by atoms with E-state index in [4.69, 9.17) is 5.11 Å². The number of carboxylic acids is 1. The molecule has 0 amide bonds. The number of benzene rings is 1. The number of hydrogen-bond acceptors (Lipinski definition) is 3. The third kappa shape index (κ3) is 3.27. The Morgan fingerprint density at radius 1 is 1.47 bits per heavy atom. The van der Waals surface area contributed by atoms with E-state index in [1.54, 1.807) is 19.1 Å². The predicted molar refractivity (Wildman–Crippen MR) is 66.3 cm³/mol. The first kappa shape index (κ1) is 14.1. The van der Waals surface area contributed by atoms with Crippen molar-refractivity contribution in [3.63, 3.8) is 0 Å². The maximum atomic E-state index is 12.0. The van der Waals surface area contributed by atoms with E-state index >= 15 is 0 Å². The summed E-state index contributed by atoms with van der Waals surface area (Å²) in [5.74, 6) is -1.19. The predicted octanol–water partition coefficient (Wildman–Crippen LogP) is 1.46. The second-order valence-electron chi connectivity index (χ2n) is 3.56. The van der Waals surface area contributed by atoms with Crippen LogP contribution in [0.4, 0.5) is 0 Å². The van der Waals surface area contributed by atoms with Crippen LogP contribution in [0.5, 0.6) is 0 Å². The second-order valence-corrected chi connectivity index (χ2v) is 6.49. The standard InChI is InChI=1S/C10H12BrNO4S/c1-7-5-8(11)3-4-9(7)17(15,16)12(2)6-10(13)14/h3-5H,6H2,1-2H3,(H,13,14). The van der Waals surface area contributed by atoms with Crippen molar-refractivity contribution < 1.29 is 18.3 Å². The Kier molecular flexibility index (Phi) is 4.29. The van der Waals surface area contributed by atoms with Crippen LogP contribution in [0.15, 0.2) is 27.6 Å². The first-order chi connectivity index (χ1) is 7.75.